The molecule has 29 heavy (non-hydrogen) atoms. The minimum atomic E-state index is 0.166. The molecule has 0 radical (unpaired) electrons. The van der Waals surface area contributed by atoms with E-state index in [0.717, 1.165) is 50.3 Å². The lowest BCUT2D eigenvalue weighted by Gasteiger charge is -2.45. The quantitative estimate of drug-likeness (QED) is 0.397. The number of methoxy groups -OCH3 is 2. The maximum absolute atomic E-state index is 6.17. The normalized spacial score (nSPS) is 27.5. The second-order valence-corrected chi connectivity index (χ2v) is 8.56. The van der Waals surface area contributed by atoms with Crippen LogP contribution in [-0.2, 0) is 5.41 Å². The summed E-state index contributed by atoms with van der Waals surface area (Å²) in [7, 11) is 5.64. The van der Waals surface area contributed by atoms with Crippen LogP contribution in [-0.4, -0.2) is 57.3 Å². The van der Waals surface area contributed by atoms with Crippen LogP contribution in [0.2, 0.25) is 0 Å². The van der Waals surface area contributed by atoms with Crippen molar-refractivity contribution in [3.05, 3.63) is 23.8 Å². The van der Waals surface area contributed by atoms with Crippen LogP contribution in [0.5, 0.6) is 11.5 Å². The number of ether oxygens (including phenoxy) is 2. The first-order valence-corrected chi connectivity index (χ1v) is 11.0. The molecule has 6 heteroatoms. The molecule has 1 saturated carbocycles. The molecule has 1 aromatic carbocycles. The molecule has 3 rings (SSSR count). The van der Waals surface area contributed by atoms with Gasteiger partial charge >= 0.3 is 0 Å². The Hall–Kier alpha value is -1.95. The average molecular weight is 403 g/mol. The van der Waals surface area contributed by atoms with Crippen LogP contribution in [0.25, 0.3) is 0 Å². The molecule has 2 aliphatic rings. The summed E-state index contributed by atoms with van der Waals surface area (Å²) >= 11 is 0. The number of nitrogens with two attached hydrogens (primary N) is 1. The Labute approximate surface area is 175 Å². The zero-order valence-corrected chi connectivity index (χ0v) is 18.5. The predicted molar refractivity (Wildman–Crippen MR) is 119 cm³/mol. The Bertz CT molecular complexity index is 708. The molecule has 1 aromatic rings. The molecule has 3 atom stereocenters. The van der Waals surface area contributed by atoms with Gasteiger partial charge in [0.25, 0.3) is 0 Å². The van der Waals surface area contributed by atoms with Crippen LogP contribution in [0, 0.1) is 0 Å². The molecule has 162 valence electrons. The summed E-state index contributed by atoms with van der Waals surface area (Å²) in [6, 6.07) is 7.32. The number of likely N-dealkylation sites (tertiary alicyclic amines) is 1. The van der Waals surface area contributed by atoms with Crippen molar-refractivity contribution in [1.82, 2.24) is 10.2 Å². The maximum atomic E-state index is 6.17. The van der Waals surface area contributed by atoms with Crippen molar-refractivity contribution in [3.63, 3.8) is 0 Å². The van der Waals surface area contributed by atoms with E-state index in [-0.39, 0.29) is 5.41 Å². The molecular formula is C23H38N4O2. The second-order valence-electron chi connectivity index (χ2n) is 8.56. The Morgan fingerprint density at radius 3 is 2.76 bits per heavy atom. The van der Waals surface area contributed by atoms with Crippen molar-refractivity contribution in [2.75, 3.05) is 34.4 Å². The van der Waals surface area contributed by atoms with Crippen molar-refractivity contribution in [2.24, 2.45) is 10.7 Å². The highest BCUT2D eigenvalue weighted by molar-refractivity contribution is 5.78. The van der Waals surface area contributed by atoms with Gasteiger partial charge in [-0.2, -0.15) is 0 Å². The molecule has 3 N–H and O–H groups in total. The topological polar surface area (TPSA) is 72.1 Å². The minimum absolute atomic E-state index is 0.166. The number of hydrogen-bond acceptors (Lipinski definition) is 4. The molecule has 1 aliphatic carbocycles. The van der Waals surface area contributed by atoms with Gasteiger partial charge in [-0.3, -0.25) is 4.99 Å². The van der Waals surface area contributed by atoms with Gasteiger partial charge in [0.2, 0.25) is 0 Å². The van der Waals surface area contributed by atoms with Crippen LogP contribution in [0.15, 0.2) is 23.2 Å². The first-order valence-electron chi connectivity index (χ1n) is 11.0. The molecule has 6 nitrogen and oxygen atoms in total. The third-order valence-corrected chi connectivity index (χ3v) is 6.88. The molecule has 1 saturated heterocycles. The summed E-state index contributed by atoms with van der Waals surface area (Å²) in [4.78, 5) is 7.03. The van der Waals surface area contributed by atoms with Crippen LogP contribution >= 0.6 is 0 Å². The Balaban J connectivity index is 1.73. The average Bonchev–Trinajstić information content (AvgIpc) is 3.08. The van der Waals surface area contributed by atoms with Crippen LogP contribution in [0.1, 0.15) is 57.4 Å². The number of likely N-dealkylation sites (N-methyl/N-ethyl adjacent to an activating group) is 1. The Morgan fingerprint density at radius 2 is 2.03 bits per heavy atom. The van der Waals surface area contributed by atoms with Crippen molar-refractivity contribution in [1.29, 1.82) is 0 Å². The van der Waals surface area contributed by atoms with Crippen molar-refractivity contribution in [3.8, 4) is 11.5 Å². The number of nitrogens with zero attached hydrogens (tertiary/aromatic N) is 2. The summed E-state index contributed by atoms with van der Waals surface area (Å²) in [5.41, 5.74) is 7.70. The zero-order chi connectivity index (χ0) is 20.9. The summed E-state index contributed by atoms with van der Waals surface area (Å²) in [5.74, 6) is 2.21. The molecule has 1 heterocycles. The number of rotatable bonds is 8. The number of guanidine groups is 1. The van der Waals surface area contributed by atoms with Gasteiger partial charge in [0.1, 0.15) is 0 Å². The molecule has 0 amide bonds. The summed E-state index contributed by atoms with van der Waals surface area (Å²) in [6.45, 7) is 4.14. The fourth-order valence-electron chi connectivity index (χ4n) is 5.21. The van der Waals surface area contributed by atoms with Crippen LogP contribution in [0.3, 0.4) is 0 Å². The Morgan fingerprint density at radius 1 is 1.24 bits per heavy atom. The lowest BCUT2D eigenvalue weighted by Crippen LogP contribution is -2.52. The predicted octanol–water partition coefficient (Wildman–Crippen LogP) is 3.29. The van der Waals surface area contributed by atoms with Crippen LogP contribution in [0.4, 0.5) is 0 Å². The third kappa shape index (κ3) is 4.63. The van der Waals surface area contributed by atoms with Gasteiger partial charge in [-0.05, 0) is 63.4 Å². The molecule has 1 aliphatic heterocycles. The standard InChI is InChI=1S/C23H38N4O2/c1-5-6-7-13-25-22(24)26-18-10-11-23(12-14-27(2)21(23)16-18)17-8-9-19(28-3)20(15-17)29-4/h8-9,15,18,21H,5-7,10-14,16H2,1-4H3,(H3,24,25,26). The summed E-state index contributed by atoms with van der Waals surface area (Å²) in [5, 5.41) is 3.49. The maximum Gasteiger partial charge on any atom is 0.188 e. The van der Waals surface area contributed by atoms with Crippen molar-refractivity contribution in [2.45, 2.75) is 69.4 Å². The van der Waals surface area contributed by atoms with E-state index in [1.54, 1.807) is 14.2 Å². The van der Waals surface area contributed by atoms with Gasteiger partial charge in [0.05, 0.1) is 14.2 Å². The first kappa shape index (κ1) is 21.8. The van der Waals surface area contributed by atoms with E-state index in [0.29, 0.717) is 18.0 Å². The highest BCUT2D eigenvalue weighted by atomic mass is 16.5. The van der Waals surface area contributed by atoms with E-state index in [1.807, 2.05) is 6.07 Å². The van der Waals surface area contributed by atoms with Crippen molar-refractivity contribution >= 4 is 5.96 Å². The molecule has 0 aromatic heterocycles. The number of nitrogens with one attached hydrogen (secondary N) is 1. The number of fused-ring (bicyclic) bond motifs is 1. The van der Waals surface area contributed by atoms with Gasteiger partial charge < -0.3 is 25.4 Å². The summed E-state index contributed by atoms with van der Waals surface area (Å²) < 4.78 is 11.0. The highest BCUT2D eigenvalue weighted by Gasteiger charge is 2.50. The van der Waals surface area contributed by atoms with Crippen LogP contribution < -0.4 is 20.5 Å². The van der Waals surface area contributed by atoms with E-state index in [4.69, 9.17) is 15.2 Å². The van der Waals surface area contributed by atoms with E-state index in [9.17, 15) is 0 Å². The SMILES string of the molecule is CCCCCN=C(N)NC1CCC2(c3ccc(OC)c(OC)c3)CCN(C)C2C1. The van der Waals surface area contributed by atoms with Gasteiger partial charge in [-0.1, -0.05) is 25.8 Å². The van der Waals surface area contributed by atoms with Gasteiger partial charge in [-0.15, -0.1) is 0 Å². The smallest absolute Gasteiger partial charge is 0.188 e. The van der Waals surface area contributed by atoms with E-state index < -0.39 is 0 Å². The fourth-order valence-corrected chi connectivity index (χ4v) is 5.21. The third-order valence-electron chi connectivity index (χ3n) is 6.88. The van der Waals surface area contributed by atoms with E-state index in [2.05, 4.69) is 41.3 Å². The lowest BCUT2D eigenvalue weighted by molar-refractivity contribution is 0.161. The Kier molecular flexibility index (Phi) is 7.28. The van der Waals surface area contributed by atoms with Gasteiger partial charge in [0, 0.05) is 24.0 Å². The number of aliphatic imine (C=N–C) groups is 1. The van der Waals surface area contributed by atoms with Gasteiger partial charge in [-0.25, -0.2) is 0 Å². The molecule has 3 unspecified atom stereocenters. The largest absolute Gasteiger partial charge is 0.493 e. The molecule has 0 bridgehead atoms. The number of unbranched alkanes of at least 4 members (excludes halogenated alkanes) is 2. The highest BCUT2D eigenvalue weighted by Crippen LogP contribution is 2.49. The minimum Gasteiger partial charge on any atom is -0.493 e. The zero-order valence-electron chi connectivity index (χ0n) is 18.5. The summed E-state index contributed by atoms with van der Waals surface area (Å²) in [6.07, 6.45) is 8.02. The first-order chi connectivity index (χ1) is 14.0. The number of benzene rings is 1. The molecular weight excluding hydrogens is 364 g/mol. The van der Waals surface area contributed by atoms with E-state index in [1.165, 1.54) is 24.8 Å². The number of hydrogen-bond donors (Lipinski definition) is 2. The fraction of sp³-hybridized carbons (Fsp3) is 0.696. The van der Waals surface area contributed by atoms with E-state index >= 15 is 0 Å². The second kappa shape index (κ2) is 9.70. The lowest BCUT2D eigenvalue weighted by atomic mass is 9.65. The van der Waals surface area contributed by atoms with Crippen molar-refractivity contribution < 1.29 is 9.47 Å². The molecule has 2 fully saturated rings. The van der Waals surface area contributed by atoms with Gasteiger partial charge in [0.15, 0.2) is 17.5 Å². The monoisotopic (exact) mass is 402 g/mol. The molecule has 0 spiro atoms.